The molecule has 116 valence electrons. The van der Waals surface area contributed by atoms with Crippen molar-refractivity contribution in [2.24, 2.45) is 0 Å². The lowest BCUT2D eigenvalue weighted by molar-refractivity contribution is 0.375. The number of fused-ring (bicyclic) bond motifs is 4. The summed E-state index contributed by atoms with van der Waals surface area (Å²) in [6.45, 7) is 2.12. The zero-order chi connectivity index (χ0) is 16.0. The van der Waals surface area contributed by atoms with Gasteiger partial charge in [0.1, 0.15) is 0 Å². The van der Waals surface area contributed by atoms with Crippen molar-refractivity contribution in [2.75, 3.05) is 14.2 Å². The van der Waals surface area contributed by atoms with Crippen LogP contribution in [0.4, 0.5) is 0 Å². The van der Waals surface area contributed by atoms with Crippen LogP contribution in [0, 0.1) is 0 Å². The second kappa shape index (κ2) is 5.12. The summed E-state index contributed by atoms with van der Waals surface area (Å²) >= 11 is 0. The molecule has 4 aromatic rings. The molecule has 0 radical (unpaired) electrons. The van der Waals surface area contributed by atoms with Crippen LogP contribution in [0.2, 0.25) is 0 Å². The van der Waals surface area contributed by atoms with Crippen molar-refractivity contribution < 1.29 is 9.47 Å². The molecular formula is C18H17N3O2. The van der Waals surface area contributed by atoms with E-state index in [4.69, 9.17) is 14.5 Å². The number of nitrogens with one attached hydrogen (secondary N) is 1. The maximum atomic E-state index is 5.49. The van der Waals surface area contributed by atoms with Crippen LogP contribution in [0.25, 0.3) is 32.6 Å². The number of ether oxygens (including phenoxy) is 2. The van der Waals surface area contributed by atoms with Crippen molar-refractivity contribution in [2.45, 2.75) is 13.3 Å². The van der Waals surface area contributed by atoms with Crippen molar-refractivity contribution in [3.05, 3.63) is 35.9 Å². The average Bonchev–Trinajstić information content (AvgIpc) is 2.97. The van der Waals surface area contributed by atoms with Crippen LogP contribution in [0.1, 0.15) is 12.5 Å². The quantitative estimate of drug-likeness (QED) is 0.624. The van der Waals surface area contributed by atoms with Gasteiger partial charge in [0, 0.05) is 10.8 Å². The highest BCUT2D eigenvalue weighted by atomic mass is 16.5. The highest BCUT2D eigenvalue weighted by Gasteiger charge is 2.18. The Hall–Kier alpha value is -2.82. The van der Waals surface area contributed by atoms with E-state index >= 15 is 0 Å². The predicted octanol–water partition coefficient (Wildman–Crippen LogP) is 3.84. The van der Waals surface area contributed by atoms with Gasteiger partial charge in [0.25, 0.3) is 0 Å². The Balaban J connectivity index is 2.29. The first-order valence-corrected chi connectivity index (χ1v) is 7.58. The van der Waals surface area contributed by atoms with Crippen LogP contribution < -0.4 is 9.47 Å². The van der Waals surface area contributed by atoms with E-state index in [0.29, 0.717) is 11.8 Å². The molecule has 0 aliphatic carbocycles. The first-order valence-electron chi connectivity index (χ1n) is 7.58. The van der Waals surface area contributed by atoms with Gasteiger partial charge in [0.2, 0.25) is 11.8 Å². The van der Waals surface area contributed by atoms with Crippen LogP contribution in [-0.2, 0) is 6.42 Å². The van der Waals surface area contributed by atoms with Crippen molar-refractivity contribution >= 4 is 32.6 Å². The van der Waals surface area contributed by atoms with Crippen molar-refractivity contribution in [1.82, 2.24) is 15.2 Å². The van der Waals surface area contributed by atoms with Crippen LogP contribution >= 0.6 is 0 Å². The van der Waals surface area contributed by atoms with Gasteiger partial charge in [0.05, 0.1) is 36.0 Å². The fourth-order valence-corrected chi connectivity index (χ4v) is 3.27. The number of aromatic nitrogens is 3. The lowest BCUT2D eigenvalue weighted by Gasteiger charge is -2.12. The molecule has 2 aromatic heterocycles. The first-order chi connectivity index (χ1) is 11.3. The molecular weight excluding hydrogens is 290 g/mol. The summed E-state index contributed by atoms with van der Waals surface area (Å²) in [4.78, 5) is 4.84. The monoisotopic (exact) mass is 307 g/mol. The highest BCUT2D eigenvalue weighted by molar-refractivity contribution is 6.15. The van der Waals surface area contributed by atoms with Crippen LogP contribution in [0.5, 0.6) is 11.8 Å². The smallest absolute Gasteiger partial charge is 0.239 e. The van der Waals surface area contributed by atoms with Crippen LogP contribution in [-0.4, -0.2) is 29.4 Å². The summed E-state index contributed by atoms with van der Waals surface area (Å²) in [6.07, 6.45) is 0.842. The number of H-pyrrole nitrogens is 1. The molecule has 4 rings (SSSR count). The average molecular weight is 307 g/mol. The van der Waals surface area contributed by atoms with Crippen LogP contribution in [0.3, 0.4) is 0 Å². The minimum Gasteiger partial charge on any atom is -0.481 e. The molecule has 5 nitrogen and oxygen atoms in total. The molecule has 2 heterocycles. The van der Waals surface area contributed by atoms with E-state index in [1.54, 1.807) is 14.2 Å². The summed E-state index contributed by atoms with van der Waals surface area (Å²) < 4.78 is 10.9. The third kappa shape index (κ3) is 1.86. The molecule has 0 spiro atoms. The molecule has 0 unspecified atom stereocenters. The van der Waals surface area contributed by atoms with Gasteiger partial charge in [-0.25, -0.2) is 10.1 Å². The van der Waals surface area contributed by atoms with E-state index in [9.17, 15) is 0 Å². The first kappa shape index (κ1) is 13.8. The van der Waals surface area contributed by atoms with Gasteiger partial charge in [0.15, 0.2) is 0 Å². The van der Waals surface area contributed by atoms with E-state index < -0.39 is 0 Å². The summed E-state index contributed by atoms with van der Waals surface area (Å²) in [5.74, 6) is 1.19. The zero-order valence-corrected chi connectivity index (χ0v) is 13.3. The highest BCUT2D eigenvalue weighted by Crippen LogP contribution is 2.39. The summed E-state index contributed by atoms with van der Waals surface area (Å²) in [5, 5.41) is 11.4. The van der Waals surface area contributed by atoms with Gasteiger partial charge in [-0.1, -0.05) is 25.1 Å². The van der Waals surface area contributed by atoms with Crippen LogP contribution in [0.15, 0.2) is 30.3 Å². The standard InChI is InChI=1S/C18H17N3O2/c1-4-10-15-13(17(22-2)20-21-18(15)23-3)9-12-11-7-5-6-8-14(11)19-16(10)12/h5-9,21H,4H2,1-3H3. The molecule has 0 saturated heterocycles. The number of benzene rings is 2. The lowest BCUT2D eigenvalue weighted by Crippen LogP contribution is -1.99. The van der Waals surface area contributed by atoms with Crippen molar-refractivity contribution in [1.29, 1.82) is 0 Å². The maximum absolute atomic E-state index is 5.49. The Morgan fingerprint density at radius 1 is 1.04 bits per heavy atom. The molecule has 0 saturated carbocycles. The van der Waals surface area contributed by atoms with E-state index in [2.05, 4.69) is 29.3 Å². The largest absolute Gasteiger partial charge is 0.481 e. The normalized spacial score (nSPS) is 11.4. The number of aryl methyl sites for hydroxylation is 1. The third-order valence-electron chi connectivity index (χ3n) is 4.29. The molecule has 0 aliphatic rings. The maximum Gasteiger partial charge on any atom is 0.239 e. The topological polar surface area (TPSA) is 60.0 Å². The molecule has 0 amide bonds. The molecule has 0 aliphatic heterocycles. The zero-order valence-electron chi connectivity index (χ0n) is 13.3. The Kier molecular flexibility index (Phi) is 3.08. The number of nitrogens with zero attached hydrogens (tertiary/aromatic N) is 2. The summed E-state index contributed by atoms with van der Waals surface area (Å²) in [6, 6.07) is 10.3. The fourth-order valence-electron chi connectivity index (χ4n) is 3.27. The minimum absolute atomic E-state index is 0.558. The molecule has 2 aromatic carbocycles. The number of methoxy groups -OCH3 is 2. The number of para-hydroxylation sites is 1. The van der Waals surface area contributed by atoms with Crippen molar-refractivity contribution in [3.8, 4) is 11.8 Å². The van der Waals surface area contributed by atoms with Gasteiger partial charge < -0.3 is 9.47 Å². The van der Waals surface area contributed by atoms with E-state index in [1.807, 2.05) is 18.2 Å². The Morgan fingerprint density at radius 2 is 1.87 bits per heavy atom. The van der Waals surface area contributed by atoms with Gasteiger partial charge >= 0.3 is 0 Å². The third-order valence-corrected chi connectivity index (χ3v) is 4.29. The number of aromatic amines is 1. The predicted molar refractivity (Wildman–Crippen MR) is 91.4 cm³/mol. The van der Waals surface area contributed by atoms with Crippen molar-refractivity contribution in [3.63, 3.8) is 0 Å². The number of hydrogen-bond donors (Lipinski definition) is 1. The molecule has 0 bridgehead atoms. The Labute approximate surface area is 133 Å². The SMILES string of the molecule is CCc1c2nc3ccccc3c2cc2c(OC)n[nH]c(OC)c12. The van der Waals surface area contributed by atoms with Gasteiger partial charge in [-0.2, -0.15) is 0 Å². The summed E-state index contributed by atoms with van der Waals surface area (Å²) in [5.41, 5.74) is 3.16. The summed E-state index contributed by atoms with van der Waals surface area (Å²) in [7, 11) is 3.26. The van der Waals surface area contributed by atoms with Gasteiger partial charge in [-0.05, 0) is 24.1 Å². The van der Waals surface area contributed by atoms with E-state index in [0.717, 1.165) is 44.6 Å². The Bertz CT molecular complexity index is 1040. The molecule has 1 N–H and O–H groups in total. The molecule has 5 heteroatoms. The molecule has 23 heavy (non-hydrogen) atoms. The second-order valence-electron chi connectivity index (χ2n) is 5.42. The fraction of sp³-hybridized carbons (Fsp3) is 0.222. The Morgan fingerprint density at radius 3 is 2.61 bits per heavy atom. The minimum atomic E-state index is 0.558. The van der Waals surface area contributed by atoms with E-state index in [1.165, 1.54) is 0 Å². The van der Waals surface area contributed by atoms with E-state index in [-0.39, 0.29) is 0 Å². The molecule has 0 fully saturated rings. The lowest BCUT2D eigenvalue weighted by atomic mass is 10.00. The number of hydrogen-bond acceptors (Lipinski definition) is 4. The molecule has 0 atom stereocenters. The van der Waals surface area contributed by atoms with Gasteiger partial charge in [-0.15, -0.1) is 5.10 Å². The number of rotatable bonds is 3. The van der Waals surface area contributed by atoms with Gasteiger partial charge in [-0.3, -0.25) is 0 Å². The second-order valence-corrected chi connectivity index (χ2v) is 5.42.